The highest BCUT2D eigenvalue weighted by Crippen LogP contribution is 2.29. The summed E-state index contributed by atoms with van der Waals surface area (Å²) in [6.45, 7) is 3.66. The van der Waals surface area contributed by atoms with Gasteiger partial charge in [-0.25, -0.2) is 12.8 Å². The van der Waals surface area contributed by atoms with Crippen LogP contribution in [0, 0.1) is 5.82 Å². The zero-order chi connectivity index (χ0) is 22.7. The third-order valence-electron chi connectivity index (χ3n) is 5.44. The highest BCUT2D eigenvalue weighted by molar-refractivity contribution is 7.89. The van der Waals surface area contributed by atoms with Gasteiger partial charge in [0.15, 0.2) is 9.84 Å². The second kappa shape index (κ2) is 9.52. The molecule has 0 aliphatic carbocycles. The average molecular weight is 473 g/mol. The highest BCUT2D eigenvalue weighted by atomic mass is 32.2. The molecule has 8 heteroatoms. The lowest BCUT2D eigenvalue weighted by Gasteiger charge is -2.34. The van der Waals surface area contributed by atoms with Gasteiger partial charge in [0.2, 0.25) is 0 Å². The lowest BCUT2D eigenvalue weighted by Crippen LogP contribution is -2.48. The maximum atomic E-state index is 13.5. The largest absolute Gasteiger partial charge is 0.336 e. The average Bonchev–Trinajstić information content (AvgIpc) is 3.22. The van der Waals surface area contributed by atoms with Crippen molar-refractivity contribution < 1.29 is 17.6 Å². The third kappa shape index (κ3) is 5.82. The molecular weight excluding hydrogens is 447 g/mol. The summed E-state index contributed by atoms with van der Waals surface area (Å²) in [4.78, 5) is 19.2. The molecule has 1 aromatic heterocycles. The van der Waals surface area contributed by atoms with E-state index >= 15 is 0 Å². The summed E-state index contributed by atoms with van der Waals surface area (Å²) in [5.41, 5.74) is 2.15. The molecule has 4 rings (SSSR count). The molecule has 1 aliphatic rings. The molecule has 3 aromatic rings. The summed E-state index contributed by atoms with van der Waals surface area (Å²) in [5, 5.41) is 0. The topological polar surface area (TPSA) is 57.7 Å². The maximum Gasteiger partial charge on any atom is 0.253 e. The third-order valence-corrected chi connectivity index (χ3v) is 7.42. The van der Waals surface area contributed by atoms with Gasteiger partial charge < -0.3 is 4.90 Å². The molecule has 5 nitrogen and oxygen atoms in total. The van der Waals surface area contributed by atoms with Crippen LogP contribution in [-0.2, 0) is 22.1 Å². The van der Waals surface area contributed by atoms with Gasteiger partial charge in [0.25, 0.3) is 5.91 Å². The minimum absolute atomic E-state index is 0.0240. The van der Waals surface area contributed by atoms with Crippen molar-refractivity contribution in [2.24, 2.45) is 0 Å². The monoisotopic (exact) mass is 472 g/mol. The summed E-state index contributed by atoms with van der Waals surface area (Å²) in [7, 11) is -3.10. The first-order chi connectivity index (χ1) is 15.3. The Hall–Kier alpha value is -2.55. The second-order valence-corrected chi connectivity index (χ2v) is 11.4. The number of rotatable bonds is 6. The summed E-state index contributed by atoms with van der Waals surface area (Å²) in [5.74, 6) is -0.285. The van der Waals surface area contributed by atoms with Crippen molar-refractivity contribution >= 4 is 27.1 Å². The number of benzene rings is 2. The van der Waals surface area contributed by atoms with Gasteiger partial charge in [-0.15, -0.1) is 11.3 Å². The number of sulfone groups is 1. The van der Waals surface area contributed by atoms with Gasteiger partial charge in [0, 0.05) is 54.3 Å². The maximum absolute atomic E-state index is 13.5. The summed E-state index contributed by atoms with van der Waals surface area (Å²) >= 11 is 1.67. The number of halogens is 1. The highest BCUT2D eigenvalue weighted by Gasteiger charge is 2.22. The molecule has 1 amide bonds. The predicted octanol–water partition coefficient (Wildman–Crippen LogP) is 4.06. The quantitative estimate of drug-likeness (QED) is 0.543. The van der Waals surface area contributed by atoms with Crippen molar-refractivity contribution in [3.8, 4) is 10.4 Å². The van der Waals surface area contributed by atoms with Gasteiger partial charge in [0.05, 0.1) is 5.75 Å². The van der Waals surface area contributed by atoms with Gasteiger partial charge in [-0.2, -0.15) is 0 Å². The van der Waals surface area contributed by atoms with Crippen LogP contribution in [0.25, 0.3) is 10.4 Å². The molecule has 1 fully saturated rings. The molecule has 0 saturated carbocycles. The molecule has 168 valence electrons. The van der Waals surface area contributed by atoms with Crippen LogP contribution < -0.4 is 0 Å². The Balaban J connectivity index is 1.31. The Morgan fingerprint density at radius 2 is 1.72 bits per heavy atom. The summed E-state index contributed by atoms with van der Waals surface area (Å²) in [6.07, 6.45) is 1.20. The molecular formula is C24H25FN2O3S2. The predicted molar refractivity (Wildman–Crippen MR) is 126 cm³/mol. The number of hydrogen-bond donors (Lipinski definition) is 0. The van der Waals surface area contributed by atoms with Crippen molar-refractivity contribution in [3.05, 3.63) is 82.5 Å². The number of carbonyl (C=O) groups excluding carboxylic acids is 1. The molecule has 1 saturated heterocycles. The SMILES string of the molecule is CS(=O)(=O)Cc1ccc(C(=O)N2CCN(Cc3ccc(-c4cccc(F)c4)s3)CC2)cc1. The number of thiophene rings is 1. The lowest BCUT2D eigenvalue weighted by atomic mass is 10.1. The van der Waals surface area contributed by atoms with E-state index in [2.05, 4.69) is 11.0 Å². The van der Waals surface area contributed by atoms with Gasteiger partial charge in [-0.3, -0.25) is 9.69 Å². The van der Waals surface area contributed by atoms with Gasteiger partial charge >= 0.3 is 0 Å². The first-order valence-electron chi connectivity index (χ1n) is 10.4. The zero-order valence-corrected chi connectivity index (χ0v) is 19.5. The fourth-order valence-electron chi connectivity index (χ4n) is 3.82. The Bertz CT molecular complexity index is 1200. The van der Waals surface area contributed by atoms with Crippen LogP contribution >= 0.6 is 11.3 Å². The number of piperazine rings is 1. The molecule has 1 aliphatic heterocycles. The van der Waals surface area contributed by atoms with Gasteiger partial charge in [0.1, 0.15) is 5.82 Å². The molecule has 2 aromatic carbocycles. The molecule has 2 heterocycles. The van der Waals surface area contributed by atoms with Gasteiger partial charge in [-0.1, -0.05) is 24.3 Å². The Morgan fingerprint density at radius 3 is 2.38 bits per heavy atom. The van der Waals surface area contributed by atoms with E-state index in [0.29, 0.717) is 24.2 Å². The Kier molecular flexibility index (Phi) is 6.74. The first-order valence-corrected chi connectivity index (χ1v) is 13.3. The molecule has 0 atom stereocenters. The van der Waals surface area contributed by atoms with E-state index in [-0.39, 0.29) is 17.5 Å². The van der Waals surface area contributed by atoms with E-state index in [1.54, 1.807) is 47.7 Å². The Labute approximate surface area is 192 Å². The van der Waals surface area contributed by atoms with Crippen LogP contribution in [0.3, 0.4) is 0 Å². The molecule has 32 heavy (non-hydrogen) atoms. The summed E-state index contributed by atoms with van der Waals surface area (Å²) < 4.78 is 36.3. The van der Waals surface area contributed by atoms with Crippen molar-refractivity contribution in [3.63, 3.8) is 0 Å². The van der Waals surface area contributed by atoms with Crippen molar-refractivity contribution in [2.45, 2.75) is 12.3 Å². The van der Waals surface area contributed by atoms with E-state index in [1.807, 2.05) is 17.0 Å². The van der Waals surface area contributed by atoms with Crippen LogP contribution in [0.15, 0.2) is 60.7 Å². The molecule has 0 radical (unpaired) electrons. The van der Waals surface area contributed by atoms with Crippen molar-refractivity contribution in [1.82, 2.24) is 9.80 Å². The van der Waals surface area contributed by atoms with E-state index < -0.39 is 9.84 Å². The number of carbonyl (C=O) groups is 1. The van der Waals surface area contributed by atoms with E-state index in [9.17, 15) is 17.6 Å². The minimum Gasteiger partial charge on any atom is -0.336 e. The first kappa shape index (κ1) is 22.6. The summed E-state index contributed by atoms with van der Waals surface area (Å²) in [6, 6.07) is 17.6. The van der Waals surface area contributed by atoms with Crippen LogP contribution in [0.5, 0.6) is 0 Å². The fraction of sp³-hybridized carbons (Fsp3) is 0.292. The van der Waals surface area contributed by atoms with E-state index in [0.717, 1.165) is 30.1 Å². The van der Waals surface area contributed by atoms with Crippen LogP contribution in [0.2, 0.25) is 0 Å². The van der Waals surface area contributed by atoms with Crippen molar-refractivity contribution in [2.75, 3.05) is 32.4 Å². The van der Waals surface area contributed by atoms with Crippen LogP contribution in [0.4, 0.5) is 4.39 Å². The lowest BCUT2D eigenvalue weighted by molar-refractivity contribution is 0.0629. The number of hydrogen-bond acceptors (Lipinski definition) is 5. The molecule has 0 bridgehead atoms. The normalized spacial score (nSPS) is 15.1. The molecule has 0 N–H and O–H groups in total. The number of nitrogens with zero attached hydrogens (tertiary/aromatic N) is 2. The standard InChI is InChI=1S/C24H25FN2O3S2/c1-32(29,30)17-18-5-7-19(8-6-18)24(28)27-13-11-26(12-14-27)16-22-9-10-23(31-22)20-3-2-4-21(25)15-20/h2-10,15H,11-14,16-17H2,1H3. The van der Waals surface area contributed by atoms with Crippen molar-refractivity contribution in [1.29, 1.82) is 0 Å². The fourth-order valence-corrected chi connectivity index (χ4v) is 5.66. The van der Waals surface area contributed by atoms with E-state index in [1.165, 1.54) is 17.2 Å². The van der Waals surface area contributed by atoms with Crippen LogP contribution in [0.1, 0.15) is 20.8 Å². The minimum atomic E-state index is -3.10. The van der Waals surface area contributed by atoms with Gasteiger partial charge in [-0.05, 0) is 47.5 Å². The zero-order valence-electron chi connectivity index (χ0n) is 17.8. The van der Waals surface area contributed by atoms with Crippen LogP contribution in [-0.4, -0.2) is 56.6 Å². The number of amides is 1. The molecule has 0 spiro atoms. The Morgan fingerprint density at radius 1 is 1.00 bits per heavy atom. The second-order valence-electron chi connectivity index (χ2n) is 8.11. The van der Waals surface area contributed by atoms with E-state index in [4.69, 9.17) is 0 Å². The molecule has 0 unspecified atom stereocenters. The smallest absolute Gasteiger partial charge is 0.253 e.